The summed E-state index contributed by atoms with van der Waals surface area (Å²) in [7, 11) is 0. The molecule has 2 aliphatic heterocycles. The van der Waals surface area contributed by atoms with Crippen LogP contribution in [0.5, 0.6) is 0 Å². The van der Waals surface area contributed by atoms with Crippen LogP contribution in [0.3, 0.4) is 0 Å². The number of carbonyl (C=O) groups excluding carboxylic acids is 2. The second-order valence-corrected chi connectivity index (χ2v) is 10.6. The van der Waals surface area contributed by atoms with Crippen LogP contribution in [0.25, 0.3) is 0 Å². The van der Waals surface area contributed by atoms with Gasteiger partial charge in [-0.3, -0.25) is 9.59 Å². The third kappa shape index (κ3) is 2.64. The first-order valence-electron chi connectivity index (χ1n) is 8.28. The number of nitrogens with two attached hydrogens (primary N) is 1. The molecule has 4 N–H and O–H groups in total. The molecule has 1 aromatic rings. The number of carbonyl (C=O) groups is 3. The van der Waals surface area contributed by atoms with Gasteiger partial charge in [0, 0.05) is 14.5 Å². The highest BCUT2D eigenvalue weighted by atomic mass is 32.2. The van der Waals surface area contributed by atoms with Crippen molar-refractivity contribution in [3.05, 3.63) is 21.4 Å². The third-order valence-electron chi connectivity index (χ3n) is 5.04. The zero-order valence-electron chi connectivity index (χ0n) is 15.3. The number of carboxylic acid groups (broad SMARTS) is 1. The molecular formula is C17H23N3O4S2. The summed E-state index contributed by atoms with van der Waals surface area (Å²) in [5.74, 6) is -1.84. The monoisotopic (exact) mass is 397 g/mol. The molecule has 0 saturated carbocycles. The molecule has 2 saturated heterocycles. The lowest BCUT2D eigenvalue weighted by Gasteiger charge is -2.51. The Balaban J connectivity index is 1.80. The second kappa shape index (κ2) is 5.97. The smallest absolute Gasteiger partial charge is 0.327 e. The number of hydrogen-bond donors (Lipinski definition) is 3. The first-order valence-corrected chi connectivity index (χ1v) is 9.97. The minimum atomic E-state index is -1.15. The SMILES string of the molecule is Cc1cc(C)c(C(N)C(=O)N[C@@]2(C)C(=O)N3[C@@H](C(=O)O)C(C)(C)S[C@@H]32)s1. The maximum Gasteiger partial charge on any atom is 0.327 e. The molecule has 9 heteroatoms. The van der Waals surface area contributed by atoms with E-state index in [1.165, 1.54) is 28.0 Å². The van der Waals surface area contributed by atoms with E-state index in [-0.39, 0.29) is 5.91 Å². The molecule has 0 aromatic carbocycles. The Kier molecular flexibility index (Phi) is 4.40. The third-order valence-corrected chi connectivity index (χ3v) is 8.03. The zero-order valence-corrected chi connectivity index (χ0v) is 17.0. The molecule has 7 nitrogen and oxygen atoms in total. The summed E-state index contributed by atoms with van der Waals surface area (Å²) in [4.78, 5) is 40.2. The van der Waals surface area contributed by atoms with Gasteiger partial charge in [0.1, 0.15) is 23.0 Å². The van der Waals surface area contributed by atoms with Crippen LogP contribution in [-0.2, 0) is 14.4 Å². The lowest BCUT2D eigenvalue weighted by atomic mass is 9.86. The van der Waals surface area contributed by atoms with Crippen molar-refractivity contribution in [2.45, 2.75) is 62.4 Å². The van der Waals surface area contributed by atoms with Crippen LogP contribution >= 0.6 is 23.1 Å². The standard InChI is InChI=1S/C17H23N3O4S2/c1-7-6-8(2)25-10(7)9(18)12(21)19-17(5)14(24)20-11(13(22)23)16(3,4)26-15(17)20/h6,9,11,15H,18H2,1-5H3,(H,19,21)(H,22,23)/t9?,11-,15+,17-/m0/s1. The highest BCUT2D eigenvalue weighted by Crippen LogP contribution is 2.54. The van der Waals surface area contributed by atoms with Gasteiger partial charge in [-0.2, -0.15) is 0 Å². The molecule has 1 aromatic heterocycles. The molecule has 3 rings (SSSR count). The highest BCUT2D eigenvalue weighted by Gasteiger charge is 2.70. The van der Waals surface area contributed by atoms with Crippen molar-refractivity contribution in [2.75, 3.05) is 0 Å². The normalized spacial score (nSPS) is 30.5. The molecular weight excluding hydrogens is 374 g/mol. The van der Waals surface area contributed by atoms with Crippen molar-refractivity contribution >= 4 is 40.9 Å². The maximum atomic E-state index is 12.7. The van der Waals surface area contributed by atoms with Gasteiger partial charge in [0.15, 0.2) is 0 Å². The number of rotatable bonds is 4. The second-order valence-electron chi connectivity index (χ2n) is 7.60. The highest BCUT2D eigenvalue weighted by molar-refractivity contribution is 8.01. The molecule has 0 spiro atoms. The van der Waals surface area contributed by atoms with Gasteiger partial charge in [0.05, 0.1) is 0 Å². The van der Waals surface area contributed by atoms with Crippen molar-refractivity contribution in [1.29, 1.82) is 0 Å². The summed E-state index contributed by atoms with van der Waals surface area (Å²) in [6.45, 7) is 9.09. The summed E-state index contributed by atoms with van der Waals surface area (Å²) in [5.41, 5.74) is 5.92. The van der Waals surface area contributed by atoms with Crippen molar-refractivity contribution in [1.82, 2.24) is 10.2 Å². The molecule has 142 valence electrons. The fraction of sp³-hybridized carbons (Fsp3) is 0.588. The molecule has 3 heterocycles. The van der Waals surface area contributed by atoms with Gasteiger partial charge >= 0.3 is 5.97 Å². The van der Waals surface area contributed by atoms with E-state index in [1.807, 2.05) is 19.9 Å². The van der Waals surface area contributed by atoms with Crippen molar-refractivity contribution < 1.29 is 19.5 Å². The zero-order chi connectivity index (χ0) is 19.6. The molecule has 1 unspecified atom stereocenters. The van der Waals surface area contributed by atoms with E-state index in [0.717, 1.165) is 15.3 Å². The van der Waals surface area contributed by atoms with Gasteiger partial charge in [-0.25, -0.2) is 4.79 Å². The molecule has 0 bridgehead atoms. The van der Waals surface area contributed by atoms with E-state index < -0.39 is 39.6 Å². The lowest BCUT2D eigenvalue weighted by molar-refractivity contribution is -0.168. The molecule has 4 atom stereocenters. The fourth-order valence-electron chi connectivity index (χ4n) is 3.76. The number of thioether (sulfide) groups is 1. The minimum absolute atomic E-state index is 0.382. The van der Waals surface area contributed by atoms with Gasteiger partial charge < -0.3 is 21.1 Å². The van der Waals surface area contributed by atoms with Gasteiger partial charge in [0.25, 0.3) is 5.91 Å². The Morgan fingerprint density at radius 3 is 2.46 bits per heavy atom. The Labute approximate surface area is 160 Å². The summed E-state index contributed by atoms with van der Waals surface area (Å²) in [5, 5.41) is 11.9. The number of hydrogen-bond acceptors (Lipinski definition) is 6. The fourth-order valence-corrected chi connectivity index (χ4v) is 6.44. The number of amides is 2. The molecule has 26 heavy (non-hydrogen) atoms. The minimum Gasteiger partial charge on any atom is -0.480 e. The predicted molar refractivity (Wildman–Crippen MR) is 101 cm³/mol. The number of aliphatic carboxylic acids is 1. The van der Waals surface area contributed by atoms with E-state index in [4.69, 9.17) is 5.73 Å². The molecule has 2 aliphatic rings. The van der Waals surface area contributed by atoms with Gasteiger partial charge in [0.2, 0.25) is 5.91 Å². The van der Waals surface area contributed by atoms with E-state index in [9.17, 15) is 19.5 Å². The number of fused-ring (bicyclic) bond motifs is 1. The number of carboxylic acids is 1. The Morgan fingerprint density at radius 1 is 1.35 bits per heavy atom. The van der Waals surface area contributed by atoms with E-state index in [2.05, 4.69) is 5.32 Å². The van der Waals surface area contributed by atoms with Crippen LogP contribution in [0.4, 0.5) is 0 Å². The molecule has 0 radical (unpaired) electrons. The number of aryl methyl sites for hydroxylation is 2. The van der Waals surface area contributed by atoms with E-state index in [1.54, 1.807) is 20.8 Å². The first kappa shape index (κ1) is 19.2. The van der Waals surface area contributed by atoms with Gasteiger partial charge in [-0.15, -0.1) is 23.1 Å². The summed E-state index contributed by atoms with van der Waals surface area (Å²) >= 11 is 2.86. The van der Waals surface area contributed by atoms with E-state index >= 15 is 0 Å². The van der Waals surface area contributed by atoms with Gasteiger partial charge in [-0.05, 0) is 46.2 Å². The van der Waals surface area contributed by atoms with E-state index in [0.29, 0.717) is 0 Å². The van der Waals surface area contributed by atoms with Crippen LogP contribution in [0.15, 0.2) is 6.07 Å². The van der Waals surface area contributed by atoms with Crippen LogP contribution in [0.1, 0.15) is 42.1 Å². The Hall–Kier alpha value is -1.58. The topological polar surface area (TPSA) is 113 Å². The van der Waals surface area contributed by atoms with Gasteiger partial charge in [-0.1, -0.05) is 0 Å². The predicted octanol–water partition coefficient (Wildman–Crippen LogP) is 1.39. The summed E-state index contributed by atoms with van der Waals surface area (Å²) < 4.78 is -0.641. The Bertz CT molecular complexity index is 806. The lowest BCUT2D eigenvalue weighted by Crippen LogP contribution is -2.78. The first-order chi connectivity index (χ1) is 11.9. The summed E-state index contributed by atoms with van der Waals surface area (Å²) in [6.07, 6.45) is 0. The van der Waals surface area contributed by atoms with Crippen LogP contribution < -0.4 is 11.1 Å². The quantitative estimate of drug-likeness (QED) is 0.662. The number of nitrogens with one attached hydrogen (secondary N) is 1. The van der Waals surface area contributed by atoms with Crippen LogP contribution in [0, 0.1) is 13.8 Å². The molecule has 0 aliphatic carbocycles. The number of thiophene rings is 1. The molecule has 2 fully saturated rings. The average Bonchev–Trinajstić information content (AvgIpc) is 3.00. The Morgan fingerprint density at radius 2 is 1.96 bits per heavy atom. The number of β-lactam (4-membered cyclic amide) rings is 1. The molecule has 2 amide bonds. The summed E-state index contributed by atoms with van der Waals surface area (Å²) in [6, 6.07) is 0.200. The van der Waals surface area contributed by atoms with Crippen molar-refractivity contribution in [3.8, 4) is 0 Å². The van der Waals surface area contributed by atoms with Crippen molar-refractivity contribution in [2.24, 2.45) is 5.73 Å². The maximum absolute atomic E-state index is 12.7. The average molecular weight is 398 g/mol. The number of nitrogens with zero attached hydrogens (tertiary/aromatic N) is 1. The van der Waals surface area contributed by atoms with Crippen molar-refractivity contribution in [3.63, 3.8) is 0 Å². The largest absolute Gasteiger partial charge is 0.480 e. The van der Waals surface area contributed by atoms with Crippen LogP contribution in [-0.4, -0.2) is 49.5 Å². The van der Waals surface area contributed by atoms with Crippen LogP contribution in [0.2, 0.25) is 0 Å².